The van der Waals surface area contributed by atoms with E-state index < -0.39 is 22.8 Å². The highest BCUT2D eigenvalue weighted by Gasteiger charge is 2.35. The van der Waals surface area contributed by atoms with Crippen molar-refractivity contribution >= 4 is 17.6 Å². The molecular formula is C14H13N5O5. The number of carboxylic acid groups (broad SMARTS) is 1. The number of likely N-dealkylation sites (tertiary alicyclic amines) is 1. The number of nitro benzene ring substituents is 1. The number of hydrogen-bond acceptors (Lipinski definition) is 6. The number of nitro groups is 1. The van der Waals surface area contributed by atoms with Crippen molar-refractivity contribution in [2.45, 2.75) is 18.9 Å². The molecule has 1 aliphatic heterocycles. The number of carbonyl (C=O) groups excluding carboxylic acids is 1. The fourth-order valence-corrected chi connectivity index (χ4v) is 2.76. The lowest BCUT2D eigenvalue weighted by atomic mass is 10.1. The number of carbonyl (C=O) groups is 2. The third kappa shape index (κ3) is 2.69. The highest BCUT2D eigenvalue weighted by molar-refractivity contribution is 5.97. The van der Waals surface area contributed by atoms with E-state index in [0.29, 0.717) is 19.4 Å². The Labute approximate surface area is 135 Å². The van der Waals surface area contributed by atoms with E-state index in [-0.39, 0.29) is 16.9 Å². The van der Waals surface area contributed by atoms with E-state index in [1.807, 2.05) is 0 Å². The summed E-state index contributed by atoms with van der Waals surface area (Å²) in [5.74, 6) is -1.61. The maximum atomic E-state index is 12.5. The Morgan fingerprint density at radius 2 is 2.17 bits per heavy atom. The van der Waals surface area contributed by atoms with Gasteiger partial charge in [-0.25, -0.2) is 14.5 Å². The predicted octanol–water partition coefficient (Wildman–Crippen LogP) is 0.865. The maximum absolute atomic E-state index is 12.5. The standard InChI is InChI=1S/C14H13N5O5/c20-13(17-5-1-2-11(17)14(21)22)9-3-4-10(12(6-9)19(23)24)18-8-15-7-16-18/h3-4,6-8,11H,1-2,5H2,(H,21,22)/t11-/m1/s1. The van der Waals surface area contributed by atoms with E-state index in [0.717, 1.165) is 6.07 Å². The third-order valence-electron chi connectivity index (χ3n) is 3.88. The highest BCUT2D eigenvalue weighted by atomic mass is 16.6. The molecule has 1 aromatic heterocycles. The first-order chi connectivity index (χ1) is 11.5. The summed E-state index contributed by atoms with van der Waals surface area (Å²) < 4.78 is 1.22. The quantitative estimate of drug-likeness (QED) is 0.649. The lowest BCUT2D eigenvalue weighted by molar-refractivity contribution is -0.384. The molecule has 3 rings (SSSR count). The number of benzene rings is 1. The predicted molar refractivity (Wildman–Crippen MR) is 79.7 cm³/mol. The minimum Gasteiger partial charge on any atom is -0.480 e. The number of hydrogen-bond donors (Lipinski definition) is 1. The van der Waals surface area contributed by atoms with Crippen LogP contribution in [-0.4, -0.2) is 54.2 Å². The summed E-state index contributed by atoms with van der Waals surface area (Å²) in [5, 5.41) is 24.3. The monoisotopic (exact) mass is 331 g/mol. The summed E-state index contributed by atoms with van der Waals surface area (Å²) in [6.45, 7) is 0.314. The molecule has 1 fully saturated rings. The Morgan fingerprint density at radius 1 is 1.38 bits per heavy atom. The molecule has 1 aliphatic rings. The molecule has 1 aromatic carbocycles. The summed E-state index contributed by atoms with van der Waals surface area (Å²) in [6.07, 6.45) is 3.51. The summed E-state index contributed by atoms with van der Waals surface area (Å²) >= 11 is 0. The average Bonchev–Trinajstić information content (AvgIpc) is 3.24. The SMILES string of the molecule is O=C(O)[C@H]1CCCN1C(=O)c1ccc(-n2cncn2)c([N+](=O)[O-])c1. The summed E-state index contributed by atoms with van der Waals surface area (Å²) in [4.78, 5) is 39.4. The van der Waals surface area contributed by atoms with Crippen LogP contribution in [-0.2, 0) is 4.79 Å². The van der Waals surface area contributed by atoms with Crippen molar-refractivity contribution in [2.75, 3.05) is 6.54 Å². The highest BCUT2D eigenvalue weighted by Crippen LogP contribution is 2.26. The van der Waals surface area contributed by atoms with Crippen molar-refractivity contribution in [2.24, 2.45) is 0 Å². The number of aliphatic carboxylic acids is 1. The van der Waals surface area contributed by atoms with Crippen LogP contribution in [0.15, 0.2) is 30.9 Å². The Morgan fingerprint density at radius 3 is 2.79 bits per heavy atom. The molecule has 1 amide bonds. The first-order valence-electron chi connectivity index (χ1n) is 7.16. The molecule has 10 heteroatoms. The van der Waals surface area contributed by atoms with Crippen molar-refractivity contribution < 1.29 is 19.6 Å². The van der Waals surface area contributed by atoms with E-state index in [4.69, 9.17) is 0 Å². The first-order valence-corrected chi connectivity index (χ1v) is 7.16. The van der Waals surface area contributed by atoms with Crippen molar-refractivity contribution in [3.63, 3.8) is 0 Å². The Hall–Kier alpha value is -3.30. The molecule has 124 valence electrons. The minimum absolute atomic E-state index is 0.0683. The van der Waals surface area contributed by atoms with Gasteiger partial charge in [0.2, 0.25) is 0 Å². The molecule has 24 heavy (non-hydrogen) atoms. The van der Waals surface area contributed by atoms with E-state index in [9.17, 15) is 24.8 Å². The molecule has 0 aliphatic carbocycles. The molecule has 0 spiro atoms. The first kappa shape index (κ1) is 15.6. The van der Waals surface area contributed by atoms with Crippen LogP contribution in [0.5, 0.6) is 0 Å². The normalized spacial score (nSPS) is 17.0. The Kier molecular flexibility index (Phi) is 3.94. The van der Waals surface area contributed by atoms with Crippen molar-refractivity contribution in [1.82, 2.24) is 19.7 Å². The number of nitrogens with zero attached hydrogens (tertiary/aromatic N) is 5. The van der Waals surface area contributed by atoms with Gasteiger partial charge in [0.05, 0.1) is 4.92 Å². The zero-order chi connectivity index (χ0) is 17.3. The lowest BCUT2D eigenvalue weighted by Gasteiger charge is -2.21. The fourth-order valence-electron chi connectivity index (χ4n) is 2.76. The second-order valence-corrected chi connectivity index (χ2v) is 5.30. The van der Waals surface area contributed by atoms with E-state index in [2.05, 4.69) is 10.1 Å². The molecule has 1 N–H and O–H groups in total. The molecule has 0 unspecified atom stereocenters. The largest absolute Gasteiger partial charge is 0.480 e. The van der Waals surface area contributed by atoms with Crippen LogP contribution in [0.1, 0.15) is 23.2 Å². The fraction of sp³-hybridized carbons (Fsp3) is 0.286. The van der Waals surface area contributed by atoms with Crippen LogP contribution in [0.2, 0.25) is 0 Å². The van der Waals surface area contributed by atoms with Gasteiger partial charge >= 0.3 is 5.97 Å². The van der Waals surface area contributed by atoms with Crippen LogP contribution >= 0.6 is 0 Å². The van der Waals surface area contributed by atoms with Gasteiger partial charge in [-0.05, 0) is 25.0 Å². The van der Waals surface area contributed by atoms with Crippen LogP contribution in [0, 0.1) is 10.1 Å². The van der Waals surface area contributed by atoms with Crippen molar-refractivity contribution in [3.05, 3.63) is 46.5 Å². The van der Waals surface area contributed by atoms with Crippen molar-refractivity contribution in [3.8, 4) is 5.69 Å². The van der Waals surface area contributed by atoms with Gasteiger partial charge in [-0.15, -0.1) is 0 Å². The van der Waals surface area contributed by atoms with Gasteiger partial charge in [0.1, 0.15) is 24.4 Å². The van der Waals surface area contributed by atoms with Gasteiger partial charge in [-0.2, -0.15) is 5.10 Å². The molecule has 10 nitrogen and oxygen atoms in total. The van der Waals surface area contributed by atoms with E-state index >= 15 is 0 Å². The molecule has 2 aromatic rings. The van der Waals surface area contributed by atoms with Crippen LogP contribution in [0.25, 0.3) is 5.69 Å². The van der Waals surface area contributed by atoms with Gasteiger partial charge in [0, 0.05) is 18.2 Å². The third-order valence-corrected chi connectivity index (χ3v) is 3.88. The molecule has 0 radical (unpaired) electrons. The number of rotatable bonds is 4. The van der Waals surface area contributed by atoms with Gasteiger partial charge in [-0.1, -0.05) is 0 Å². The zero-order valence-corrected chi connectivity index (χ0v) is 12.4. The number of amides is 1. The summed E-state index contributed by atoms with van der Waals surface area (Å²) in [7, 11) is 0. The molecule has 1 saturated heterocycles. The molecule has 1 atom stereocenters. The second kappa shape index (κ2) is 6.07. The molecule has 2 heterocycles. The van der Waals surface area contributed by atoms with Gasteiger partial charge in [0.15, 0.2) is 0 Å². The molecule has 0 saturated carbocycles. The Balaban J connectivity index is 1.97. The average molecular weight is 331 g/mol. The van der Waals surface area contributed by atoms with Crippen molar-refractivity contribution in [1.29, 1.82) is 0 Å². The van der Waals surface area contributed by atoms with Gasteiger partial charge in [0.25, 0.3) is 11.6 Å². The number of aromatic nitrogens is 3. The van der Waals surface area contributed by atoms with E-state index in [1.54, 1.807) is 0 Å². The van der Waals surface area contributed by atoms with E-state index in [1.165, 1.54) is 34.4 Å². The zero-order valence-electron chi connectivity index (χ0n) is 12.4. The molecular weight excluding hydrogens is 318 g/mol. The second-order valence-electron chi connectivity index (χ2n) is 5.30. The lowest BCUT2D eigenvalue weighted by Crippen LogP contribution is -2.40. The number of carboxylic acids is 1. The topological polar surface area (TPSA) is 131 Å². The van der Waals surface area contributed by atoms with Gasteiger partial charge in [-0.3, -0.25) is 14.9 Å². The smallest absolute Gasteiger partial charge is 0.326 e. The molecule has 0 bridgehead atoms. The van der Waals surface area contributed by atoms with Crippen LogP contribution in [0.4, 0.5) is 5.69 Å². The maximum Gasteiger partial charge on any atom is 0.326 e. The summed E-state index contributed by atoms with van der Waals surface area (Å²) in [6, 6.07) is 3.05. The van der Waals surface area contributed by atoms with Gasteiger partial charge < -0.3 is 10.0 Å². The summed E-state index contributed by atoms with van der Waals surface area (Å²) in [5.41, 5.74) is -0.0682. The minimum atomic E-state index is -1.07. The van der Waals surface area contributed by atoms with Crippen LogP contribution in [0.3, 0.4) is 0 Å². The Bertz CT molecular complexity index is 804. The van der Waals surface area contributed by atoms with Crippen LogP contribution < -0.4 is 0 Å².